The molecule has 0 bridgehead atoms. The van der Waals surface area contributed by atoms with Crippen molar-refractivity contribution in [1.29, 1.82) is 0 Å². The van der Waals surface area contributed by atoms with E-state index < -0.39 is 20.8 Å². The first kappa shape index (κ1) is 15.3. The molecule has 1 aromatic rings. The average molecular weight is 320 g/mol. The Morgan fingerprint density at radius 1 is 1.40 bits per heavy atom. The summed E-state index contributed by atoms with van der Waals surface area (Å²) in [4.78, 5) is 13.7. The molecule has 1 saturated heterocycles. The van der Waals surface area contributed by atoms with Crippen LogP contribution in [0.25, 0.3) is 0 Å². The van der Waals surface area contributed by atoms with Crippen LogP contribution in [0, 0.1) is 5.82 Å². The van der Waals surface area contributed by atoms with Crippen molar-refractivity contribution < 1.29 is 17.6 Å². The summed E-state index contributed by atoms with van der Waals surface area (Å²) in [5.41, 5.74) is -0.624. The Morgan fingerprint density at radius 3 is 2.55 bits per heavy atom. The molecule has 7 heteroatoms. The van der Waals surface area contributed by atoms with Crippen molar-refractivity contribution in [3.8, 4) is 0 Å². The Labute approximate surface area is 121 Å². The van der Waals surface area contributed by atoms with E-state index >= 15 is 0 Å². The van der Waals surface area contributed by atoms with Crippen LogP contribution in [0.5, 0.6) is 0 Å². The second-order valence-corrected chi connectivity index (χ2v) is 8.02. The first-order valence-corrected chi connectivity index (χ1v) is 8.50. The van der Waals surface area contributed by atoms with Gasteiger partial charge in [-0.1, -0.05) is 0 Å². The highest BCUT2D eigenvalue weighted by molar-refractivity contribution is 8.13. The van der Waals surface area contributed by atoms with Gasteiger partial charge in [0.2, 0.25) is 0 Å². The number of hydrogen-bond acceptors (Lipinski definition) is 3. The lowest BCUT2D eigenvalue weighted by Gasteiger charge is -2.31. The molecule has 2 rings (SSSR count). The first-order chi connectivity index (χ1) is 9.13. The van der Waals surface area contributed by atoms with E-state index in [1.165, 1.54) is 0 Å². The number of amides is 1. The molecular weight excluding hydrogens is 305 g/mol. The second-order valence-electron chi connectivity index (χ2n) is 5.45. The van der Waals surface area contributed by atoms with E-state index in [2.05, 4.69) is 0 Å². The molecule has 1 aliphatic rings. The number of halogens is 2. The number of carbonyl (C=O) groups is 1. The van der Waals surface area contributed by atoms with Crippen molar-refractivity contribution in [2.75, 3.05) is 6.54 Å². The maximum atomic E-state index is 13.8. The van der Waals surface area contributed by atoms with Gasteiger partial charge in [0.15, 0.2) is 0 Å². The van der Waals surface area contributed by atoms with Crippen molar-refractivity contribution in [2.45, 2.75) is 37.1 Å². The Bertz CT molecular complexity index is 658. The molecule has 110 valence electrons. The lowest BCUT2D eigenvalue weighted by Crippen LogP contribution is -2.43. The van der Waals surface area contributed by atoms with Gasteiger partial charge in [-0.3, -0.25) is 4.79 Å². The van der Waals surface area contributed by atoms with Crippen molar-refractivity contribution in [2.24, 2.45) is 0 Å². The third-order valence-corrected chi connectivity index (χ3v) is 4.95. The van der Waals surface area contributed by atoms with Crippen molar-refractivity contribution in [3.05, 3.63) is 29.6 Å². The Hall–Kier alpha value is -1.14. The van der Waals surface area contributed by atoms with E-state index in [0.717, 1.165) is 31.0 Å². The molecule has 20 heavy (non-hydrogen) atoms. The fourth-order valence-electron chi connectivity index (χ4n) is 2.45. The smallest absolute Gasteiger partial charge is 0.261 e. The van der Waals surface area contributed by atoms with E-state index in [0.29, 0.717) is 6.54 Å². The van der Waals surface area contributed by atoms with E-state index in [1.807, 2.05) is 13.8 Å². The van der Waals surface area contributed by atoms with Gasteiger partial charge in [0, 0.05) is 22.8 Å². The van der Waals surface area contributed by atoms with Crippen LogP contribution < -0.4 is 0 Å². The highest BCUT2D eigenvalue weighted by atomic mass is 35.7. The fraction of sp³-hybridized carbons (Fsp3) is 0.462. The van der Waals surface area contributed by atoms with Crippen LogP contribution in [0.15, 0.2) is 23.1 Å². The summed E-state index contributed by atoms with van der Waals surface area (Å²) in [5.74, 6) is -1.26. The summed E-state index contributed by atoms with van der Waals surface area (Å²) in [6.07, 6.45) is 1.67. The van der Waals surface area contributed by atoms with Gasteiger partial charge in [-0.15, -0.1) is 0 Å². The van der Waals surface area contributed by atoms with Crippen LogP contribution in [0.3, 0.4) is 0 Å². The predicted molar refractivity (Wildman–Crippen MR) is 73.8 cm³/mol. The lowest BCUT2D eigenvalue weighted by atomic mass is 10.0. The molecule has 0 atom stereocenters. The number of carbonyl (C=O) groups excluding carboxylic acids is 1. The maximum absolute atomic E-state index is 13.8. The Kier molecular flexibility index (Phi) is 3.81. The molecule has 4 nitrogen and oxygen atoms in total. The normalized spacial score (nSPS) is 18.3. The zero-order valence-corrected chi connectivity index (χ0v) is 12.8. The van der Waals surface area contributed by atoms with Crippen LogP contribution in [0.1, 0.15) is 37.0 Å². The van der Waals surface area contributed by atoms with Gasteiger partial charge in [-0.05, 0) is 44.9 Å². The first-order valence-electron chi connectivity index (χ1n) is 6.19. The summed E-state index contributed by atoms with van der Waals surface area (Å²) in [6.45, 7) is 4.33. The van der Waals surface area contributed by atoms with Gasteiger partial charge in [0.05, 0.1) is 10.5 Å². The van der Waals surface area contributed by atoms with Crippen LogP contribution in [-0.4, -0.2) is 31.3 Å². The van der Waals surface area contributed by atoms with Gasteiger partial charge in [0.1, 0.15) is 5.82 Å². The summed E-state index contributed by atoms with van der Waals surface area (Å²) in [6, 6.07) is 2.99. The highest BCUT2D eigenvalue weighted by Gasteiger charge is 2.36. The molecule has 1 fully saturated rings. The van der Waals surface area contributed by atoms with E-state index in [9.17, 15) is 17.6 Å². The predicted octanol–water partition coefficient (Wildman–Crippen LogP) is 2.77. The van der Waals surface area contributed by atoms with Gasteiger partial charge in [-0.25, -0.2) is 12.8 Å². The van der Waals surface area contributed by atoms with Gasteiger partial charge >= 0.3 is 0 Å². The molecule has 0 aromatic heterocycles. The number of benzene rings is 1. The molecule has 0 aliphatic carbocycles. The van der Waals surface area contributed by atoms with Crippen LogP contribution in [-0.2, 0) is 9.05 Å². The molecule has 1 aliphatic heterocycles. The van der Waals surface area contributed by atoms with E-state index in [4.69, 9.17) is 10.7 Å². The number of nitrogens with zero attached hydrogens (tertiary/aromatic N) is 1. The molecular formula is C13H15ClFNO3S. The number of rotatable bonds is 2. The van der Waals surface area contributed by atoms with Gasteiger partial charge in [0.25, 0.3) is 15.0 Å². The molecule has 0 radical (unpaired) electrons. The molecule has 1 amide bonds. The quantitative estimate of drug-likeness (QED) is 0.788. The zero-order valence-electron chi connectivity index (χ0n) is 11.2. The second kappa shape index (κ2) is 5.00. The molecule has 1 aromatic carbocycles. The molecule has 0 unspecified atom stereocenters. The minimum absolute atomic E-state index is 0.262. The summed E-state index contributed by atoms with van der Waals surface area (Å²) in [5, 5.41) is 0. The van der Waals surface area contributed by atoms with E-state index in [1.54, 1.807) is 4.90 Å². The topological polar surface area (TPSA) is 54.5 Å². The maximum Gasteiger partial charge on any atom is 0.261 e. The van der Waals surface area contributed by atoms with Gasteiger partial charge < -0.3 is 4.90 Å². The molecule has 0 N–H and O–H groups in total. The van der Waals surface area contributed by atoms with Crippen LogP contribution in [0.2, 0.25) is 0 Å². The van der Waals surface area contributed by atoms with Crippen molar-refractivity contribution >= 4 is 25.6 Å². The SMILES string of the molecule is CC1(C)CCCN1C(=O)c1cc(S(=O)(=O)Cl)ccc1F. The lowest BCUT2D eigenvalue weighted by molar-refractivity contribution is 0.0647. The largest absolute Gasteiger partial charge is 0.333 e. The van der Waals surface area contributed by atoms with Gasteiger partial charge in [-0.2, -0.15) is 0 Å². The minimum atomic E-state index is -3.99. The molecule has 0 saturated carbocycles. The van der Waals surface area contributed by atoms with E-state index in [-0.39, 0.29) is 16.0 Å². The highest BCUT2D eigenvalue weighted by Crippen LogP contribution is 2.31. The Balaban J connectivity index is 2.45. The van der Waals surface area contributed by atoms with Crippen LogP contribution >= 0.6 is 10.7 Å². The molecule has 0 spiro atoms. The summed E-state index contributed by atoms with van der Waals surface area (Å²) >= 11 is 0. The summed E-state index contributed by atoms with van der Waals surface area (Å²) in [7, 11) is 1.24. The van der Waals surface area contributed by atoms with Crippen LogP contribution in [0.4, 0.5) is 4.39 Å². The monoisotopic (exact) mass is 319 g/mol. The van der Waals surface area contributed by atoms with Crippen molar-refractivity contribution in [3.63, 3.8) is 0 Å². The Morgan fingerprint density at radius 2 is 2.05 bits per heavy atom. The zero-order chi connectivity index (χ0) is 15.1. The standard InChI is InChI=1S/C13H15ClFNO3S/c1-13(2)6-3-7-16(13)12(17)10-8-9(20(14,18)19)4-5-11(10)15/h4-5,8H,3,6-7H2,1-2H3. The summed E-state index contributed by atoms with van der Waals surface area (Å²) < 4.78 is 36.4. The molecule has 1 heterocycles. The third kappa shape index (κ3) is 2.81. The number of likely N-dealkylation sites (tertiary alicyclic amines) is 1. The third-order valence-electron chi connectivity index (χ3n) is 3.60. The number of hydrogen-bond donors (Lipinski definition) is 0. The fourth-order valence-corrected chi connectivity index (χ4v) is 3.23. The van der Waals surface area contributed by atoms with Crippen molar-refractivity contribution in [1.82, 2.24) is 4.90 Å². The minimum Gasteiger partial charge on any atom is -0.333 e. The average Bonchev–Trinajstić information content (AvgIpc) is 2.67.